The van der Waals surface area contributed by atoms with Gasteiger partial charge in [-0.1, -0.05) is 18.2 Å². The van der Waals surface area contributed by atoms with E-state index in [9.17, 15) is 18.0 Å². The fourth-order valence-electron chi connectivity index (χ4n) is 4.11. The number of para-hydroxylation sites is 1. The molecule has 3 heterocycles. The maximum absolute atomic E-state index is 13.1. The van der Waals surface area contributed by atoms with E-state index in [4.69, 9.17) is 0 Å². The molecule has 1 atom stereocenters. The van der Waals surface area contributed by atoms with Crippen LogP contribution in [0, 0.1) is 13.8 Å². The van der Waals surface area contributed by atoms with Crippen molar-refractivity contribution in [2.45, 2.75) is 58.7 Å². The summed E-state index contributed by atoms with van der Waals surface area (Å²) in [5, 5.41) is 3.57. The van der Waals surface area contributed by atoms with Gasteiger partial charge in [0.2, 0.25) is 5.91 Å². The maximum atomic E-state index is 13.1. The third-order valence-electron chi connectivity index (χ3n) is 5.68. The van der Waals surface area contributed by atoms with E-state index < -0.39 is 12.0 Å². The van der Waals surface area contributed by atoms with Crippen molar-refractivity contribution in [3.05, 3.63) is 52.6 Å². The Morgan fingerprint density at radius 3 is 2.67 bits per heavy atom. The number of alkyl halides is 3. The predicted octanol–water partition coefficient (Wildman–Crippen LogP) is 4.06. The molecule has 0 saturated carbocycles. The molecule has 1 aliphatic rings. The van der Waals surface area contributed by atoms with Crippen LogP contribution in [-0.4, -0.2) is 31.5 Å². The first-order valence-corrected chi connectivity index (χ1v) is 9.87. The second kappa shape index (κ2) is 7.37. The Morgan fingerprint density at radius 1 is 1.20 bits per heavy atom. The fraction of sp³-hybridized carbons (Fsp3) is 0.429. The van der Waals surface area contributed by atoms with E-state index >= 15 is 0 Å². The third kappa shape index (κ3) is 3.53. The zero-order chi connectivity index (χ0) is 21.6. The first-order chi connectivity index (χ1) is 14.2. The highest BCUT2D eigenvalue weighted by atomic mass is 19.4. The van der Waals surface area contributed by atoms with Gasteiger partial charge in [0.05, 0.1) is 0 Å². The molecule has 1 aliphatic heterocycles. The molecule has 30 heavy (non-hydrogen) atoms. The van der Waals surface area contributed by atoms with Crippen LogP contribution in [0.25, 0.3) is 5.78 Å². The number of carbonyl (C=O) groups is 1. The van der Waals surface area contributed by atoms with Gasteiger partial charge in [0.25, 0.3) is 11.6 Å². The molecule has 9 heteroatoms. The third-order valence-corrected chi connectivity index (χ3v) is 5.68. The minimum atomic E-state index is -4.64. The van der Waals surface area contributed by atoms with Gasteiger partial charge in [-0.2, -0.15) is 18.2 Å². The lowest BCUT2D eigenvalue weighted by atomic mass is 9.95. The summed E-state index contributed by atoms with van der Waals surface area (Å²) in [6.07, 6.45) is -2.20. The van der Waals surface area contributed by atoms with Gasteiger partial charge < -0.3 is 4.90 Å². The first kappa shape index (κ1) is 20.3. The lowest BCUT2D eigenvalue weighted by Crippen LogP contribution is -2.42. The highest BCUT2D eigenvalue weighted by molar-refractivity contribution is 5.95. The molecule has 1 unspecified atom stereocenters. The van der Waals surface area contributed by atoms with Crippen LogP contribution in [0.2, 0.25) is 0 Å². The van der Waals surface area contributed by atoms with E-state index in [2.05, 4.69) is 15.1 Å². The van der Waals surface area contributed by atoms with Crippen molar-refractivity contribution < 1.29 is 18.0 Å². The SMILES string of the molecule is Cc1nc2nc(C(F)(F)F)nn2c(C)c1CCC(=O)N1c2ccccc2CCC1C. The Morgan fingerprint density at radius 2 is 1.93 bits per heavy atom. The molecule has 1 amide bonds. The fourth-order valence-corrected chi connectivity index (χ4v) is 4.11. The molecule has 0 spiro atoms. The van der Waals surface area contributed by atoms with Crippen LogP contribution in [0.4, 0.5) is 18.9 Å². The Hall–Kier alpha value is -2.97. The zero-order valence-corrected chi connectivity index (χ0v) is 17.0. The summed E-state index contributed by atoms with van der Waals surface area (Å²) in [6.45, 7) is 5.43. The minimum absolute atomic E-state index is 0.0110. The molecule has 0 aliphatic carbocycles. The molecular weight excluding hydrogens is 395 g/mol. The number of anilines is 1. The van der Waals surface area contributed by atoms with Crippen LogP contribution in [0.3, 0.4) is 0 Å². The monoisotopic (exact) mass is 417 g/mol. The molecule has 0 radical (unpaired) electrons. The Labute approximate surface area is 171 Å². The van der Waals surface area contributed by atoms with Crippen molar-refractivity contribution in [3.8, 4) is 0 Å². The number of amides is 1. The Balaban J connectivity index is 1.60. The smallest absolute Gasteiger partial charge is 0.309 e. The number of hydrogen-bond acceptors (Lipinski definition) is 4. The molecule has 6 nitrogen and oxygen atoms in total. The summed E-state index contributed by atoms with van der Waals surface area (Å²) in [5.74, 6) is -1.32. The summed E-state index contributed by atoms with van der Waals surface area (Å²) in [5.41, 5.74) is 3.88. The maximum Gasteiger partial charge on any atom is 0.453 e. The molecule has 2 aromatic heterocycles. The molecule has 4 rings (SSSR count). The van der Waals surface area contributed by atoms with Crippen LogP contribution < -0.4 is 4.90 Å². The summed E-state index contributed by atoms with van der Waals surface area (Å²) in [4.78, 5) is 22.6. The van der Waals surface area contributed by atoms with E-state index in [0.717, 1.165) is 28.6 Å². The largest absolute Gasteiger partial charge is 0.453 e. The summed E-state index contributed by atoms with van der Waals surface area (Å²) < 4.78 is 40.0. The van der Waals surface area contributed by atoms with Crippen LogP contribution in [0.15, 0.2) is 24.3 Å². The Bertz CT molecular complexity index is 1120. The molecular formula is C21H22F3N5O. The van der Waals surface area contributed by atoms with Gasteiger partial charge in [-0.3, -0.25) is 4.79 Å². The highest BCUT2D eigenvalue weighted by Crippen LogP contribution is 2.31. The summed E-state index contributed by atoms with van der Waals surface area (Å²) in [7, 11) is 0. The van der Waals surface area contributed by atoms with Crippen molar-refractivity contribution in [1.29, 1.82) is 0 Å². The molecule has 3 aromatic rings. The van der Waals surface area contributed by atoms with Crippen LogP contribution in [0.1, 0.15) is 48.1 Å². The number of nitrogens with zero attached hydrogens (tertiary/aromatic N) is 5. The quantitative estimate of drug-likeness (QED) is 0.645. The van der Waals surface area contributed by atoms with Crippen LogP contribution >= 0.6 is 0 Å². The number of fused-ring (bicyclic) bond motifs is 2. The van der Waals surface area contributed by atoms with Crippen molar-refractivity contribution in [1.82, 2.24) is 19.6 Å². The van der Waals surface area contributed by atoms with Gasteiger partial charge in [0.15, 0.2) is 0 Å². The van der Waals surface area contributed by atoms with E-state index in [0.29, 0.717) is 23.4 Å². The predicted molar refractivity (Wildman–Crippen MR) is 105 cm³/mol. The zero-order valence-electron chi connectivity index (χ0n) is 17.0. The average Bonchev–Trinajstić information content (AvgIpc) is 3.12. The van der Waals surface area contributed by atoms with Crippen molar-refractivity contribution >= 4 is 17.4 Å². The van der Waals surface area contributed by atoms with Crippen LogP contribution in [-0.2, 0) is 23.8 Å². The minimum Gasteiger partial charge on any atom is -0.309 e. The molecule has 1 aromatic carbocycles. The van der Waals surface area contributed by atoms with Gasteiger partial charge in [-0.15, -0.1) is 5.10 Å². The van der Waals surface area contributed by atoms with E-state index in [-0.39, 0.29) is 24.1 Å². The van der Waals surface area contributed by atoms with Gasteiger partial charge in [-0.25, -0.2) is 9.50 Å². The van der Waals surface area contributed by atoms with Gasteiger partial charge in [0, 0.05) is 29.5 Å². The number of rotatable bonds is 3. The number of aromatic nitrogens is 4. The van der Waals surface area contributed by atoms with Gasteiger partial charge in [0.1, 0.15) is 0 Å². The van der Waals surface area contributed by atoms with Crippen molar-refractivity contribution in [2.75, 3.05) is 4.90 Å². The summed E-state index contributed by atoms with van der Waals surface area (Å²) >= 11 is 0. The Kier molecular flexibility index (Phi) is 4.99. The first-order valence-electron chi connectivity index (χ1n) is 9.87. The van der Waals surface area contributed by atoms with Gasteiger partial charge >= 0.3 is 6.18 Å². The molecule has 0 fully saturated rings. The summed E-state index contributed by atoms with van der Waals surface area (Å²) in [6, 6.07) is 7.99. The topological polar surface area (TPSA) is 63.4 Å². The second-order valence-corrected chi connectivity index (χ2v) is 7.69. The number of halogens is 3. The number of aryl methyl sites for hydroxylation is 3. The van der Waals surface area contributed by atoms with E-state index in [1.807, 2.05) is 36.1 Å². The standard InChI is InChI=1S/C21H22F3N5O/c1-12-8-9-15-6-4-5-7-17(15)28(12)18(30)11-10-16-13(2)25-20-26-19(21(22,23)24)27-29(20)14(16)3/h4-7,12H,8-11H2,1-3H3. The van der Waals surface area contributed by atoms with E-state index in [1.54, 1.807) is 13.8 Å². The highest BCUT2D eigenvalue weighted by Gasteiger charge is 2.37. The normalized spacial score (nSPS) is 16.7. The molecule has 158 valence electrons. The van der Waals surface area contributed by atoms with E-state index in [1.165, 1.54) is 0 Å². The lowest BCUT2D eigenvalue weighted by Gasteiger charge is -2.35. The number of hydrogen-bond donors (Lipinski definition) is 0. The van der Waals surface area contributed by atoms with Crippen molar-refractivity contribution in [3.63, 3.8) is 0 Å². The second-order valence-electron chi connectivity index (χ2n) is 7.69. The lowest BCUT2D eigenvalue weighted by molar-refractivity contribution is -0.144. The molecule has 0 N–H and O–H groups in total. The van der Waals surface area contributed by atoms with Crippen LogP contribution in [0.5, 0.6) is 0 Å². The van der Waals surface area contributed by atoms with Crippen molar-refractivity contribution in [2.24, 2.45) is 0 Å². The molecule has 0 bridgehead atoms. The molecule has 0 saturated heterocycles. The van der Waals surface area contributed by atoms with Gasteiger partial charge in [-0.05, 0) is 57.2 Å². The number of benzene rings is 1. The average molecular weight is 417 g/mol. The number of carbonyl (C=O) groups excluding carboxylic acids is 1.